The second kappa shape index (κ2) is 13.6. The average molecular weight is 548 g/mol. The third-order valence-corrected chi connectivity index (χ3v) is 9.06. The zero-order chi connectivity index (χ0) is 19.5. The zero-order valence-corrected chi connectivity index (χ0v) is 21.7. The summed E-state index contributed by atoms with van der Waals surface area (Å²) < 4.78 is 0. The second-order valence-electron chi connectivity index (χ2n) is 6.22. The zero-order valence-electron chi connectivity index (χ0n) is 16.1. The van der Waals surface area contributed by atoms with Gasteiger partial charge in [-0.15, -0.1) is 23.5 Å². The molecule has 0 fully saturated rings. The minimum Gasteiger partial charge on any atom is -0.125 e. The molecule has 0 aliphatic carbocycles. The molecule has 27 heavy (non-hydrogen) atoms. The van der Waals surface area contributed by atoms with Crippen LogP contribution in [0.2, 0.25) is 0 Å². The molecule has 2 rings (SSSR count). The standard InChI is InChI=1S/C22H28Br2S3/c1-3-5-17-15-19(7-9-21(17)25-13-11-23)27-20-8-10-22(26-14-12-24)18(16-20)6-4-2/h7-10,15-16H,3-6,11-14H2,1-2H3. The molecule has 0 radical (unpaired) electrons. The van der Waals surface area contributed by atoms with Crippen LogP contribution in [0.15, 0.2) is 56.0 Å². The van der Waals surface area contributed by atoms with Gasteiger partial charge in [-0.3, -0.25) is 0 Å². The van der Waals surface area contributed by atoms with E-state index in [1.165, 1.54) is 43.6 Å². The molecule has 0 saturated heterocycles. The lowest BCUT2D eigenvalue weighted by Crippen LogP contribution is -1.92. The van der Waals surface area contributed by atoms with Crippen molar-refractivity contribution in [2.45, 2.75) is 59.1 Å². The average Bonchev–Trinajstić information content (AvgIpc) is 2.67. The van der Waals surface area contributed by atoms with Gasteiger partial charge in [0.2, 0.25) is 0 Å². The van der Waals surface area contributed by atoms with E-state index in [4.69, 9.17) is 0 Å². The molecule has 0 aromatic heterocycles. The van der Waals surface area contributed by atoms with Gasteiger partial charge in [-0.25, -0.2) is 0 Å². The van der Waals surface area contributed by atoms with Gasteiger partial charge in [-0.2, -0.15) is 0 Å². The topological polar surface area (TPSA) is 0 Å². The summed E-state index contributed by atoms with van der Waals surface area (Å²) >= 11 is 12.9. The van der Waals surface area contributed by atoms with Crippen molar-refractivity contribution >= 4 is 67.1 Å². The van der Waals surface area contributed by atoms with Crippen LogP contribution in [0.25, 0.3) is 0 Å². The summed E-state index contributed by atoms with van der Waals surface area (Å²) in [5, 5.41) is 2.08. The molecule has 0 bridgehead atoms. The quantitative estimate of drug-likeness (QED) is 0.192. The Morgan fingerprint density at radius 3 is 1.52 bits per heavy atom. The van der Waals surface area contributed by atoms with Crippen molar-refractivity contribution < 1.29 is 0 Å². The van der Waals surface area contributed by atoms with Crippen LogP contribution in [-0.4, -0.2) is 22.2 Å². The molecule has 0 heterocycles. The number of alkyl halides is 2. The van der Waals surface area contributed by atoms with Gasteiger partial charge < -0.3 is 0 Å². The number of aryl methyl sites for hydroxylation is 2. The smallest absolute Gasteiger partial charge is 0.0126 e. The van der Waals surface area contributed by atoms with Crippen molar-refractivity contribution in [3.8, 4) is 0 Å². The highest BCUT2D eigenvalue weighted by Crippen LogP contribution is 2.35. The van der Waals surface area contributed by atoms with Gasteiger partial charge in [0.1, 0.15) is 0 Å². The highest BCUT2D eigenvalue weighted by atomic mass is 79.9. The Balaban J connectivity index is 2.19. The Kier molecular flexibility index (Phi) is 12.0. The van der Waals surface area contributed by atoms with Crippen LogP contribution in [0.5, 0.6) is 0 Å². The van der Waals surface area contributed by atoms with Crippen molar-refractivity contribution in [3.63, 3.8) is 0 Å². The van der Waals surface area contributed by atoms with Crippen LogP contribution in [-0.2, 0) is 12.8 Å². The van der Waals surface area contributed by atoms with E-state index in [1.807, 2.05) is 35.3 Å². The lowest BCUT2D eigenvalue weighted by molar-refractivity contribution is 0.894. The van der Waals surface area contributed by atoms with Crippen LogP contribution in [0.3, 0.4) is 0 Å². The SMILES string of the molecule is CCCc1cc(Sc2ccc(SCCBr)c(CCC)c2)ccc1SCCBr. The van der Waals surface area contributed by atoms with Crippen LogP contribution < -0.4 is 0 Å². The fourth-order valence-electron chi connectivity index (χ4n) is 2.88. The van der Waals surface area contributed by atoms with Crippen LogP contribution in [0.1, 0.15) is 37.8 Å². The minimum atomic E-state index is 1.04. The molecule has 0 nitrogen and oxygen atoms in total. The van der Waals surface area contributed by atoms with E-state index >= 15 is 0 Å². The molecule has 148 valence electrons. The molecule has 0 atom stereocenters. The maximum atomic E-state index is 3.54. The molecule has 0 unspecified atom stereocenters. The Bertz CT molecular complexity index is 644. The first-order valence-electron chi connectivity index (χ1n) is 9.53. The van der Waals surface area contributed by atoms with E-state index in [-0.39, 0.29) is 0 Å². The highest BCUT2D eigenvalue weighted by molar-refractivity contribution is 9.09. The largest absolute Gasteiger partial charge is 0.125 e. The number of benzene rings is 2. The maximum absolute atomic E-state index is 3.54. The summed E-state index contributed by atoms with van der Waals surface area (Å²) in [5.74, 6) is 2.24. The molecule has 5 heteroatoms. The first kappa shape index (κ1) is 23.7. The van der Waals surface area contributed by atoms with E-state index in [1.54, 1.807) is 0 Å². The molecule has 0 N–H and O–H groups in total. The van der Waals surface area contributed by atoms with Gasteiger partial charge in [0.15, 0.2) is 0 Å². The molecule has 2 aromatic rings. The molecule has 0 aliphatic rings. The number of halogens is 2. The maximum Gasteiger partial charge on any atom is 0.0126 e. The monoisotopic (exact) mass is 546 g/mol. The van der Waals surface area contributed by atoms with Gasteiger partial charge in [0.05, 0.1) is 0 Å². The molecule has 0 saturated carbocycles. The Labute approximate surface area is 194 Å². The van der Waals surface area contributed by atoms with E-state index in [0.29, 0.717) is 0 Å². The summed E-state index contributed by atoms with van der Waals surface area (Å²) in [6.07, 6.45) is 4.69. The van der Waals surface area contributed by atoms with E-state index in [0.717, 1.165) is 35.0 Å². The summed E-state index contributed by atoms with van der Waals surface area (Å²) in [6, 6.07) is 14.0. The minimum absolute atomic E-state index is 1.04. The van der Waals surface area contributed by atoms with Gasteiger partial charge in [-0.05, 0) is 60.4 Å². The number of rotatable bonds is 12. The lowest BCUT2D eigenvalue weighted by atomic mass is 10.1. The molecular weight excluding hydrogens is 520 g/mol. The van der Waals surface area contributed by atoms with E-state index < -0.39 is 0 Å². The van der Waals surface area contributed by atoms with Gasteiger partial charge in [0.25, 0.3) is 0 Å². The van der Waals surface area contributed by atoms with Crippen molar-refractivity contribution in [2.75, 3.05) is 22.2 Å². The molecular formula is C22H28Br2S3. The first-order chi connectivity index (χ1) is 13.2. The summed E-state index contributed by atoms with van der Waals surface area (Å²) in [5.41, 5.74) is 2.98. The normalized spacial score (nSPS) is 11.1. The number of hydrogen-bond acceptors (Lipinski definition) is 3. The number of hydrogen-bond donors (Lipinski definition) is 0. The van der Waals surface area contributed by atoms with E-state index in [2.05, 4.69) is 82.1 Å². The van der Waals surface area contributed by atoms with E-state index in [9.17, 15) is 0 Å². The molecule has 0 aliphatic heterocycles. The van der Waals surface area contributed by atoms with Gasteiger partial charge in [0, 0.05) is 41.7 Å². The third kappa shape index (κ3) is 8.00. The highest BCUT2D eigenvalue weighted by Gasteiger charge is 2.08. The van der Waals surface area contributed by atoms with Crippen LogP contribution in [0, 0.1) is 0 Å². The lowest BCUT2D eigenvalue weighted by Gasteiger charge is -2.13. The van der Waals surface area contributed by atoms with Crippen molar-refractivity contribution in [2.24, 2.45) is 0 Å². The van der Waals surface area contributed by atoms with Crippen LogP contribution in [0.4, 0.5) is 0 Å². The summed E-state index contributed by atoms with van der Waals surface area (Å²) in [6.45, 7) is 4.53. The van der Waals surface area contributed by atoms with Crippen LogP contribution >= 0.6 is 67.1 Å². The predicted molar refractivity (Wildman–Crippen MR) is 134 cm³/mol. The Hall–Kier alpha value is 0.450. The van der Waals surface area contributed by atoms with Crippen molar-refractivity contribution in [1.82, 2.24) is 0 Å². The van der Waals surface area contributed by atoms with Crippen molar-refractivity contribution in [3.05, 3.63) is 47.5 Å². The van der Waals surface area contributed by atoms with Gasteiger partial charge in [-0.1, -0.05) is 70.3 Å². The first-order valence-corrected chi connectivity index (χ1v) is 14.6. The predicted octanol–water partition coefficient (Wildman–Crippen LogP) is 8.72. The summed E-state index contributed by atoms with van der Waals surface area (Å²) in [4.78, 5) is 5.58. The fourth-order valence-corrected chi connectivity index (χ4v) is 6.42. The summed E-state index contributed by atoms with van der Waals surface area (Å²) in [7, 11) is 0. The second-order valence-corrected chi connectivity index (χ2v) is 11.2. The third-order valence-electron chi connectivity index (χ3n) is 4.01. The van der Waals surface area contributed by atoms with Gasteiger partial charge >= 0.3 is 0 Å². The Morgan fingerprint density at radius 2 is 1.15 bits per heavy atom. The van der Waals surface area contributed by atoms with Crippen molar-refractivity contribution in [1.29, 1.82) is 0 Å². The number of thioether (sulfide) groups is 2. The Morgan fingerprint density at radius 1 is 0.704 bits per heavy atom. The molecule has 0 amide bonds. The molecule has 0 spiro atoms. The molecule has 2 aromatic carbocycles. The fraction of sp³-hybridized carbons (Fsp3) is 0.455.